The Kier molecular flexibility index (Phi) is 8.70. The molecule has 0 unspecified atom stereocenters. The van der Waals surface area contributed by atoms with Crippen LogP contribution >= 0.6 is 0 Å². The van der Waals surface area contributed by atoms with Gasteiger partial charge < -0.3 is 9.47 Å². The van der Waals surface area contributed by atoms with E-state index in [2.05, 4.69) is 14.6 Å². The van der Waals surface area contributed by atoms with Crippen LogP contribution in [0.5, 0.6) is 0 Å². The number of hydrazone groups is 1. The van der Waals surface area contributed by atoms with Crippen molar-refractivity contribution in [2.45, 2.75) is 20.0 Å². The molecule has 1 aromatic rings. The van der Waals surface area contributed by atoms with Crippen LogP contribution in [-0.4, -0.2) is 42.9 Å². The molecular weight excluding hydrogens is 420 g/mol. The van der Waals surface area contributed by atoms with Gasteiger partial charge in [0.25, 0.3) is 11.8 Å². The highest BCUT2D eigenvalue weighted by atomic mass is 19.4. The predicted octanol–water partition coefficient (Wildman–Crippen LogP) is 2.16. The number of anilines is 1. The van der Waals surface area contributed by atoms with E-state index < -0.39 is 53.0 Å². The van der Waals surface area contributed by atoms with Crippen molar-refractivity contribution in [2.75, 3.05) is 18.6 Å². The number of imide groups is 2. The van der Waals surface area contributed by atoms with Crippen molar-refractivity contribution in [1.29, 1.82) is 0 Å². The van der Waals surface area contributed by atoms with E-state index in [-0.39, 0.29) is 13.2 Å². The Hall–Kier alpha value is -3.71. The molecule has 0 aliphatic rings. The number of ether oxygens (including phenoxy) is 2. The maximum atomic E-state index is 13.8. The molecule has 10 nitrogen and oxygen atoms in total. The average molecular weight is 436 g/mol. The number of rotatable bonds is 6. The van der Waals surface area contributed by atoms with Crippen molar-refractivity contribution < 1.29 is 46.2 Å². The topological polar surface area (TPSA) is 135 Å². The number of carbonyl (C=O) groups is 4. The number of alkyl halides is 3. The summed E-state index contributed by atoms with van der Waals surface area (Å²) < 4.78 is 61.0. The van der Waals surface area contributed by atoms with Gasteiger partial charge in [0.05, 0.1) is 24.5 Å². The largest absolute Gasteiger partial charge is 0.450 e. The lowest BCUT2D eigenvalue weighted by molar-refractivity contribution is -0.137. The quantitative estimate of drug-likeness (QED) is 0.269. The SMILES string of the molecule is CCOC(=O)NC(=O)C(=NNc1cc(C(F)(F)F)ccc1F)C(=O)NC(=O)OCC. The summed E-state index contributed by atoms with van der Waals surface area (Å²) in [4.78, 5) is 46.8. The molecule has 0 spiro atoms. The van der Waals surface area contributed by atoms with Gasteiger partial charge in [-0.05, 0) is 32.0 Å². The zero-order valence-electron chi connectivity index (χ0n) is 15.6. The van der Waals surface area contributed by atoms with Crippen molar-refractivity contribution in [3.05, 3.63) is 29.6 Å². The van der Waals surface area contributed by atoms with Crippen LogP contribution in [0.2, 0.25) is 0 Å². The maximum absolute atomic E-state index is 13.8. The summed E-state index contributed by atoms with van der Waals surface area (Å²) in [7, 11) is 0. The number of alkyl carbamates (subject to hydrolysis) is 2. The molecule has 0 heterocycles. The lowest BCUT2D eigenvalue weighted by atomic mass is 10.2. The lowest BCUT2D eigenvalue weighted by Crippen LogP contribution is -2.46. The lowest BCUT2D eigenvalue weighted by Gasteiger charge is -2.11. The minimum Gasteiger partial charge on any atom is -0.450 e. The fraction of sp³-hybridized carbons (Fsp3) is 0.312. The Bertz CT molecular complexity index is 823. The van der Waals surface area contributed by atoms with E-state index in [1.54, 1.807) is 16.1 Å². The molecule has 30 heavy (non-hydrogen) atoms. The molecule has 0 saturated carbocycles. The highest BCUT2D eigenvalue weighted by molar-refractivity contribution is 6.66. The Balaban J connectivity index is 3.19. The van der Waals surface area contributed by atoms with Crippen LogP contribution in [0.3, 0.4) is 0 Å². The first kappa shape index (κ1) is 24.3. The third-order valence-electron chi connectivity index (χ3n) is 2.99. The summed E-state index contributed by atoms with van der Waals surface area (Å²) in [6.45, 7) is 2.58. The molecule has 0 bridgehead atoms. The van der Waals surface area contributed by atoms with Gasteiger partial charge in [-0.1, -0.05) is 0 Å². The molecule has 0 radical (unpaired) electrons. The van der Waals surface area contributed by atoms with Gasteiger partial charge in [0.1, 0.15) is 5.82 Å². The molecule has 164 valence electrons. The molecule has 3 N–H and O–H groups in total. The molecule has 0 aliphatic carbocycles. The second kappa shape index (κ2) is 10.7. The minimum atomic E-state index is -4.81. The van der Waals surface area contributed by atoms with Crippen LogP contribution in [0.25, 0.3) is 0 Å². The molecule has 0 saturated heterocycles. The van der Waals surface area contributed by atoms with Crippen molar-refractivity contribution in [3.8, 4) is 0 Å². The number of hydrogen-bond donors (Lipinski definition) is 3. The van der Waals surface area contributed by atoms with E-state index in [1.165, 1.54) is 13.8 Å². The van der Waals surface area contributed by atoms with Gasteiger partial charge in [-0.15, -0.1) is 0 Å². The maximum Gasteiger partial charge on any atom is 0.416 e. The summed E-state index contributed by atoms with van der Waals surface area (Å²) in [5, 5.41) is 6.42. The summed E-state index contributed by atoms with van der Waals surface area (Å²) in [6, 6.07) is 1.28. The second-order valence-corrected chi connectivity index (χ2v) is 5.11. The van der Waals surface area contributed by atoms with Crippen molar-refractivity contribution in [1.82, 2.24) is 10.6 Å². The van der Waals surface area contributed by atoms with E-state index in [0.717, 1.165) is 0 Å². The Morgan fingerprint density at radius 1 is 0.967 bits per heavy atom. The monoisotopic (exact) mass is 436 g/mol. The van der Waals surface area contributed by atoms with Crippen LogP contribution in [-0.2, 0) is 25.2 Å². The fourth-order valence-electron chi connectivity index (χ4n) is 1.75. The van der Waals surface area contributed by atoms with E-state index in [1.807, 2.05) is 0 Å². The highest BCUT2D eigenvalue weighted by Gasteiger charge is 2.31. The third-order valence-corrected chi connectivity index (χ3v) is 2.99. The number of halogens is 4. The third kappa shape index (κ3) is 7.37. The zero-order chi connectivity index (χ0) is 22.9. The van der Waals surface area contributed by atoms with Crippen LogP contribution in [0.4, 0.5) is 32.8 Å². The molecule has 1 rings (SSSR count). The summed E-state index contributed by atoms with van der Waals surface area (Å²) >= 11 is 0. The van der Waals surface area contributed by atoms with Gasteiger partial charge in [0.15, 0.2) is 0 Å². The Morgan fingerprint density at radius 2 is 1.47 bits per heavy atom. The molecular formula is C16H16F4N4O6. The van der Waals surface area contributed by atoms with E-state index in [4.69, 9.17) is 0 Å². The van der Waals surface area contributed by atoms with Gasteiger partial charge in [-0.3, -0.25) is 25.6 Å². The van der Waals surface area contributed by atoms with Crippen LogP contribution in [0.1, 0.15) is 19.4 Å². The number of carbonyl (C=O) groups excluding carboxylic acids is 4. The molecule has 0 atom stereocenters. The fourth-order valence-corrected chi connectivity index (χ4v) is 1.75. The average Bonchev–Trinajstić information content (AvgIpc) is 2.62. The summed E-state index contributed by atoms with van der Waals surface area (Å²) in [5.41, 5.74) is -1.49. The molecule has 0 aromatic heterocycles. The van der Waals surface area contributed by atoms with Crippen molar-refractivity contribution in [2.24, 2.45) is 5.10 Å². The summed E-state index contributed by atoms with van der Waals surface area (Å²) in [6.07, 6.45) is -7.35. The number of nitrogens with one attached hydrogen (secondary N) is 3. The first-order valence-corrected chi connectivity index (χ1v) is 8.16. The predicted molar refractivity (Wildman–Crippen MR) is 92.8 cm³/mol. The number of benzene rings is 1. The van der Waals surface area contributed by atoms with E-state index >= 15 is 0 Å². The van der Waals surface area contributed by atoms with Crippen LogP contribution in [0.15, 0.2) is 23.3 Å². The van der Waals surface area contributed by atoms with E-state index in [0.29, 0.717) is 18.2 Å². The first-order chi connectivity index (χ1) is 14.0. The second-order valence-electron chi connectivity index (χ2n) is 5.11. The molecule has 0 aliphatic heterocycles. The van der Waals surface area contributed by atoms with Crippen LogP contribution < -0.4 is 16.1 Å². The van der Waals surface area contributed by atoms with Crippen LogP contribution in [0, 0.1) is 5.82 Å². The first-order valence-electron chi connectivity index (χ1n) is 8.16. The zero-order valence-corrected chi connectivity index (χ0v) is 15.6. The standard InChI is InChI=1S/C16H16F4N4O6/c1-3-29-14(27)21-12(25)11(13(26)22-15(28)30-4-2)24-23-10-7-8(16(18,19)20)5-6-9(10)17/h5-7,23H,3-4H2,1-2H3,(H,21,25,27)(H,22,26,28). The molecule has 14 heteroatoms. The minimum absolute atomic E-state index is 0.131. The number of nitrogens with zero attached hydrogens (tertiary/aromatic N) is 1. The van der Waals surface area contributed by atoms with Gasteiger partial charge >= 0.3 is 18.4 Å². The number of amides is 4. The van der Waals surface area contributed by atoms with Gasteiger partial charge in [-0.2, -0.15) is 18.3 Å². The Morgan fingerprint density at radius 3 is 1.90 bits per heavy atom. The van der Waals surface area contributed by atoms with Crippen molar-refractivity contribution in [3.63, 3.8) is 0 Å². The summed E-state index contributed by atoms with van der Waals surface area (Å²) in [5.74, 6) is -4.17. The number of hydrogen-bond acceptors (Lipinski definition) is 8. The Labute approximate surface area is 166 Å². The smallest absolute Gasteiger partial charge is 0.416 e. The molecule has 4 amide bonds. The normalized spacial score (nSPS) is 10.5. The van der Waals surface area contributed by atoms with Gasteiger partial charge in [0, 0.05) is 0 Å². The molecule has 1 aromatic carbocycles. The van der Waals surface area contributed by atoms with Gasteiger partial charge in [0.2, 0.25) is 5.71 Å². The molecule has 0 fully saturated rings. The highest BCUT2D eigenvalue weighted by Crippen LogP contribution is 2.31. The van der Waals surface area contributed by atoms with E-state index in [9.17, 15) is 36.7 Å². The van der Waals surface area contributed by atoms with Gasteiger partial charge in [-0.25, -0.2) is 14.0 Å². The van der Waals surface area contributed by atoms with Crippen molar-refractivity contribution >= 4 is 35.4 Å².